The highest BCUT2D eigenvalue weighted by Crippen LogP contribution is 2.27. The third kappa shape index (κ3) is 4.15. The van der Waals surface area contributed by atoms with Crippen LogP contribution in [0.5, 0.6) is 0 Å². The van der Waals surface area contributed by atoms with E-state index in [2.05, 4.69) is 15.3 Å². The summed E-state index contributed by atoms with van der Waals surface area (Å²) in [7, 11) is -3.06. The topological polar surface area (TPSA) is 84.8 Å². The number of pyridine rings is 1. The Morgan fingerprint density at radius 1 is 0.893 bits per heavy atom. The number of aromatic nitrogens is 3. The standard InChI is InChI=1S/C21H18N4O2S/c1-28(26,27)14-15-6-8-17(9-7-15)23-21-18-4-2-3-5-19(18)24-20(25-21)16-10-12-22-13-11-16/h2-13H,14H2,1H3,(H,23,24,25). The molecule has 4 rings (SSSR count). The van der Waals surface area contributed by atoms with Gasteiger partial charge in [0.25, 0.3) is 0 Å². The predicted molar refractivity (Wildman–Crippen MR) is 111 cm³/mol. The molecular weight excluding hydrogens is 372 g/mol. The van der Waals surface area contributed by atoms with Crippen molar-refractivity contribution in [3.05, 3.63) is 78.6 Å². The summed E-state index contributed by atoms with van der Waals surface area (Å²) in [6.45, 7) is 0. The summed E-state index contributed by atoms with van der Waals surface area (Å²) in [6, 6.07) is 18.8. The van der Waals surface area contributed by atoms with Crippen molar-refractivity contribution >= 4 is 32.2 Å². The van der Waals surface area contributed by atoms with Gasteiger partial charge in [-0.15, -0.1) is 0 Å². The van der Waals surface area contributed by atoms with Crippen molar-refractivity contribution in [2.45, 2.75) is 5.75 Å². The molecule has 0 fully saturated rings. The molecule has 2 aromatic carbocycles. The molecule has 2 aromatic heterocycles. The van der Waals surface area contributed by atoms with Crippen molar-refractivity contribution in [1.29, 1.82) is 0 Å². The second kappa shape index (κ2) is 7.36. The summed E-state index contributed by atoms with van der Waals surface area (Å²) in [4.78, 5) is 13.4. The first-order valence-electron chi connectivity index (χ1n) is 8.69. The van der Waals surface area contributed by atoms with Gasteiger partial charge in [0, 0.05) is 35.3 Å². The SMILES string of the molecule is CS(=O)(=O)Cc1ccc(Nc2nc(-c3ccncc3)nc3ccccc23)cc1. The van der Waals surface area contributed by atoms with Crippen molar-refractivity contribution in [2.75, 3.05) is 11.6 Å². The lowest BCUT2D eigenvalue weighted by atomic mass is 10.2. The Kier molecular flexibility index (Phi) is 4.75. The Hall–Kier alpha value is -3.32. The zero-order chi connectivity index (χ0) is 19.6. The van der Waals surface area contributed by atoms with Gasteiger partial charge in [-0.2, -0.15) is 0 Å². The maximum absolute atomic E-state index is 11.5. The lowest BCUT2D eigenvalue weighted by Crippen LogP contribution is -2.02. The van der Waals surface area contributed by atoms with E-state index in [9.17, 15) is 8.42 Å². The lowest BCUT2D eigenvalue weighted by molar-refractivity contribution is 0.601. The molecule has 1 N–H and O–H groups in total. The van der Waals surface area contributed by atoms with Crippen LogP contribution in [0.15, 0.2) is 73.1 Å². The van der Waals surface area contributed by atoms with Gasteiger partial charge in [-0.05, 0) is 42.0 Å². The van der Waals surface area contributed by atoms with Crippen LogP contribution in [-0.2, 0) is 15.6 Å². The molecule has 0 aliphatic rings. The van der Waals surface area contributed by atoms with E-state index in [-0.39, 0.29) is 5.75 Å². The Morgan fingerprint density at radius 2 is 1.61 bits per heavy atom. The number of nitrogens with one attached hydrogen (secondary N) is 1. The highest BCUT2D eigenvalue weighted by molar-refractivity contribution is 7.89. The molecule has 0 aliphatic heterocycles. The van der Waals surface area contributed by atoms with Crippen LogP contribution < -0.4 is 5.32 Å². The Morgan fingerprint density at radius 3 is 2.32 bits per heavy atom. The fraction of sp³-hybridized carbons (Fsp3) is 0.0952. The zero-order valence-electron chi connectivity index (χ0n) is 15.2. The minimum Gasteiger partial charge on any atom is -0.340 e. The Labute approximate surface area is 163 Å². The van der Waals surface area contributed by atoms with Gasteiger partial charge in [0.05, 0.1) is 11.3 Å². The van der Waals surface area contributed by atoms with Gasteiger partial charge in [-0.25, -0.2) is 18.4 Å². The van der Waals surface area contributed by atoms with Crippen LogP contribution in [0.1, 0.15) is 5.56 Å². The fourth-order valence-electron chi connectivity index (χ4n) is 2.93. The second-order valence-corrected chi connectivity index (χ2v) is 8.68. The van der Waals surface area contributed by atoms with Gasteiger partial charge in [-0.3, -0.25) is 4.98 Å². The molecule has 2 heterocycles. The van der Waals surface area contributed by atoms with E-state index in [1.165, 1.54) is 6.26 Å². The van der Waals surface area contributed by atoms with E-state index in [1.54, 1.807) is 24.5 Å². The van der Waals surface area contributed by atoms with Gasteiger partial charge in [-0.1, -0.05) is 24.3 Å². The summed E-state index contributed by atoms with van der Waals surface area (Å²) in [6.07, 6.45) is 4.65. The quantitative estimate of drug-likeness (QED) is 0.555. The first-order valence-corrected chi connectivity index (χ1v) is 10.7. The van der Waals surface area contributed by atoms with Crippen molar-refractivity contribution in [2.24, 2.45) is 0 Å². The molecule has 0 saturated carbocycles. The number of rotatable bonds is 5. The smallest absolute Gasteiger partial charge is 0.162 e. The van der Waals surface area contributed by atoms with E-state index >= 15 is 0 Å². The zero-order valence-corrected chi connectivity index (χ0v) is 16.0. The van der Waals surface area contributed by atoms with Crippen LogP contribution in [0.3, 0.4) is 0 Å². The summed E-state index contributed by atoms with van der Waals surface area (Å²) in [5.74, 6) is 1.32. The van der Waals surface area contributed by atoms with Crippen molar-refractivity contribution in [1.82, 2.24) is 15.0 Å². The number of para-hydroxylation sites is 1. The molecular formula is C21H18N4O2S. The molecule has 0 radical (unpaired) electrons. The third-order valence-corrected chi connectivity index (χ3v) is 5.04. The Balaban J connectivity index is 1.72. The summed E-state index contributed by atoms with van der Waals surface area (Å²) in [5, 5.41) is 4.23. The van der Waals surface area contributed by atoms with Crippen LogP contribution in [0.25, 0.3) is 22.3 Å². The molecule has 0 atom stereocenters. The fourth-order valence-corrected chi connectivity index (χ4v) is 3.72. The van der Waals surface area contributed by atoms with E-state index in [1.807, 2.05) is 48.5 Å². The molecule has 0 spiro atoms. The monoisotopic (exact) mass is 390 g/mol. The highest BCUT2D eigenvalue weighted by atomic mass is 32.2. The minimum absolute atomic E-state index is 0.0237. The van der Waals surface area contributed by atoms with E-state index < -0.39 is 9.84 Å². The van der Waals surface area contributed by atoms with Gasteiger partial charge in [0.15, 0.2) is 15.7 Å². The van der Waals surface area contributed by atoms with Crippen molar-refractivity contribution < 1.29 is 8.42 Å². The van der Waals surface area contributed by atoms with Crippen LogP contribution in [0.2, 0.25) is 0 Å². The summed E-state index contributed by atoms with van der Waals surface area (Å²) in [5.41, 5.74) is 3.28. The predicted octanol–water partition coefficient (Wildman–Crippen LogP) is 3.98. The lowest BCUT2D eigenvalue weighted by Gasteiger charge is -2.11. The molecule has 28 heavy (non-hydrogen) atoms. The highest BCUT2D eigenvalue weighted by Gasteiger charge is 2.10. The average molecular weight is 390 g/mol. The molecule has 0 bridgehead atoms. The summed E-state index contributed by atoms with van der Waals surface area (Å²) < 4.78 is 22.9. The maximum Gasteiger partial charge on any atom is 0.162 e. The second-order valence-electron chi connectivity index (χ2n) is 6.54. The van der Waals surface area contributed by atoms with Crippen molar-refractivity contribution in [3.8, 4) is 11.4 Å². The third-order valence-electron chi connectivity index (χ3n) is 4.19. The number of fused-ring (bicyclic) bond motifs is 1. The molecule has 140 valence electrons. The maximum atomic E-state index is 11.5. The Bertz CT molecular complexity index is 1220. The largest absolute Gasteiger partial charge is 0.340 e. The first kappa shape index (κ1) is 18.1. The molecule has 0 aliphatic carbocycles. The van der Waals surface area contributed by atoms with Gasteiger partial charge in [0.1, 0.15) is 5.82 Å². The molecule has 7 heteroatoms. The van der Waals surface area contributed by atoms with Crippen molar-refractivity contribution in [3.63, 3.8) is 0 Å². The number of sulfone groups is 1. The molecule has 4 aromatic rings. The number of benzene rings is 2. The van der Waals surface area contributed by atoms with E-state index in [0.29, 0.717) is 11.6 Å². The van der Waals surface area contributed by atoms with E-state index in [0.717, 1.165) is 27.7 Å². The molecule has 0 saturated heterocycles. The van der Waals surface area contributed by atoms with Crippen LogP contribution in [-0.4, -0.2) is 29.6 Å². The van der Waals surface area contributed by atoms with Crippen LogP contribution >= 0.6 is 0 Å². The summed E-state index contributed by atoms with van der Waals surface area (Å²) >= 11 is 0. The average Bonchev–Trinajstić information content (AvgIpc) is 2.69. The normalized spacial score (nSPS) is 11.5. The number of anilines is 2. The first-order chi connectivity index (χ1) is 13.5. The molecule has 0 unspecified atom stereocenters. The van der Waals surface area contributed by atoms with Gasteiger partial charge < -0.3 is 5.32 Å². The van der Waals surface area contributed by atoms with Gasteiger partial charge in [0.2, 0.25) is 0 Å². The number of hydrogen-bond acceptors (Lipinski definition) is 6. The number of nitrogens with zero attached hydrogens (tertiary/aromatic N) is 3. The van der Waals surface area contributed by atoms with Crippen LogP contribution in [0.4, 0.5) is 11.5 Å². The van der Waals surface area contributed by atoms with Crippen LogP contribution in [0, 0.1) is 0 Å². The molecule has 0 amide bonds. The van der Waals surface area contributed by atoms with Gasteiger partial charge >= 0.3 is 0 Å². The van der Waals surface area contributed by atoms with E-state index in [4.69, 9.17) is 4.98 Å². The minimum atomic E-state index is -3.06. The number of hydrogen-bond donors (Lipinski definition) is 1. The molecule has 6 nitrogen and oxygen atoms in total.